The Kier molecular flexibility index (Phi) is 5.28. The number of hydrogen-bond donors (Lipinski definition) is 2. The molecule has 0 unspecified atom stereocenters. The molecule has 0 aromatic carbocycles. The van der Waals surface area contributed by atoms with Crippen molar-refractivity contribution in [2.45, 2.75) is 69.0 Å². The number of amides is 1. The Balaban J connectivity index is 2.00. The van der Waals surface area contributed by atoms with Crippen LogP contribution in [-0.4, -0.2) is 28.6 Å². The molecule has 0 saturated heterocycles. The first-order valence-corrected chi connectivity index (χ1v) is 11.2. The normalized spacial score (nSPS) is 22.9. The van der Waals surface area contributed by atoms with Gasteiger partial charge in [-0.1, -0.05) is 33.1 Å². The third-order valence-electron chi connectivity index (χ3n) is 5.69. The van der Waals surface area contributed by atoms with E-state index in [1.165, 1.54) is 29.5 Å². The monoisotopic (exact) mass is 393 g/mol. The zero-order chi connectivity index (χ0) is 19.1. The van der Waals surface area contributed by atoms with Crippen LogP contribution in [0.25, 0.3) is 0 Å². The number of nitrogens with one attached hydrogen (secondary N) is 1. The highest BCUT2D eigenvalue weighted by atomic mass is 32.2. The quantitative estimate of drug-likeness (QED) is 0.424. The van der Waals surface area contributed by atoms with Gasteiger partial charge in [0.1, 0.15) is 0 Å². The van der Waals surface area contributed by atoms with Gasteiger partial charge in [-0.25, -0.2) is 0 Å². The molecule has 1 saturated carbocycles. The van der Waals surface area contributed by atoms with E-state index in [0.717, 1.165) is 41.7 Å². The predicted molar refractivity (Wildman–Crippen MR) is 108 cm³/mol. The van der Waals surface area contributed by atoms with Gasteiger partial charge in [0.05, 0.1) is 20.9 Å². The summed E-state index contributed by atoms with van der Waals surface area (Å²) in [4.78, 5) is 26.7. The number of carbonyl (C=O) groups excluding carboxylic acids is 2. The average Bonchev–Trinajstić information content (AvgIpc) is 2.93. The van der Waals surface area contributed by atoms with Crippen molar-refractivity contribution < 1.29 is 14.7 Å². The molecular formula is C20H27NO3S2. The van der Waals surface area contributed by atoms with Gasteiger partial charge in [0, 0.05) is 16.5 Å². The maximum atomic E-state index is 13.1. The number of thiophene rings is 1. The van der Waals surface area contributed by atoms with E-state index in [0.29, 0.717) is 22.4 Å². The molecule has 3 rings (SSSR count). The van der Waals surface area contributed by atoms with Crippen LogP contribution in [0.1, 0.15) is 78.5 Å². The van der Waals surface area contributed by atoms with Crippen molar-refractivity contribution in [3.63, 3.8) is 0 Å². The molecule has 1 aromatic heterocycles. The lowest BCUT2D eigenvalue weighted by molar-refractivity contribution is 0.0885. The van der Waals surface area contributed by atoms with Crippen LogP contribution >= 0.6 is 23.1 Å². The highest BCUT2D eigenvalue weighted by Gasteiger charge is 2.42. The van der Waals surface area contributed by atoms with Crippen LogP contribution in [-0.2, 0) is 6.42 Å². The van der Waals surface area contributed by atoms with Crippen LogP contribution in [0.4, 0.5) is 0 Å². The molecule has 0 atom stereocenters. The fourth-order valence-electron chi connectivity index (χ4n) is 4.17. The largest absolute Gasteiger partial charge is 0.515 e. The Morgan fingerprint density at radius 3 is 2.46 bits per heavy atom. The first-order valence-electron chi connectivity index (χ1n) is 9.14. The Bertz CT molecular complexity index is 770. The molecule has 1 aromatic rings. The fraction of sp³-hybridized carbons (Fsp3) is 0.600. The summed E-state index contributed by atoms with van der Waals surface area (Å²) in [5, 5.41) is 12.8. The molecule has 0 bridgehead atoms. The molecule has 2 aliphatic rings. The van der Waals surface area contributed by atoms with Gasteiger partial charge in [0.15, 0.2) is 5.78 Å². The lowest BCUT2D eigenvalue weighted by Crippen LogP contribution is -2.47. The van der Waals surface area contributed by atoms with Gasteiger partial charge in [-0.2, -0.15) is 0 Å². The number of hydrogen-bond acceptors (Lipinski definition) is 5. The van der Waals surface area contributed by atoms with E-state index in [1.54, 1.807) is 0 Å². The van der Waals surface area contributed by atoms with Gasteiger partial charge in [0.25, 0.3) is 5.91 Å². The lowest BCUT2D eigenvalue weighted by atomic mass is 9.71. The van der Waals surface area contributed by atoms with E-state index in [1.807, 2.05) is 20.1 Å². The van der Waals surface area contributed by atoms with E-state index in [4.69, 9.17) is 0 Å². The summed E-state index contributed by atoms with van der Waals surface area (Å²) in [6.07, 6.45) is 8.97. The minimum absolute atomic E-state index is 0.0593. The summed E-state index contributed by atoms with van der Waals surface area (Å²) in [6, 6.07) is 0. The van der Waals surface area contributed by atoms with E-state index < -0.39 is 5.41 Å². The van der Waals surface area contributed by atoms with Gasteiger partial charge < -0.3 is 10.4 Å². The van der Waals surface area contributed by atoms with Crippen molar-refractivity contribution in [3.05, 3.63) is 27.8 Å². The predicted octanol–water partition coefficient (Wildman–Crippen LogP) is 5.13. The third-order valence-corrected chi connectivity index (χ3v) is 8.04. The molecule has 0 radical (unpaired) electrons. The van der Waals surface area contributed by atoms with Crippen LogP contribution in [0.15, 0.2) is 16.0 Å². The van der Waals surface area contributed by atoms with Gasteiger partial charge >= 0.3 is 0 Å². The zero-order valence-corrected chi connectivity index (χ0v) is 17.5. The number of rotatable bonds is 3. The highest BCUT2D eigenvalue weighted by Crippen LogP contribution is 2.47. The number of fused-ring (bicyclic) bond motifs is 1. The number of allylic oxidation sites excluding steroid dienone is 1. The molecule has 1 heterocycles. The molecule has 0 spiro atoms. The van der Waals surface area contributed by atoms with E-state index in [9.17, 15) is 14.7 Å². The molecule has 26 heavy (non-hydrogen) atoms. The summed E-state index contributed by atoms with van der Waals surface area (Å²) in [5.74, 6) is -0.210. The molecule has 142 valence electrons. The zero-order valence-electron chi connectivity index (χ0n) is 15.9. The SMILES string of the molecule is CSc1sc(C(=O)NC2(C)CCCCC2)c2c1C(=O)C(=CO)C(C)(C)C2. The molecular weight excluding hydrogens is 366 g/mol. The topological polar surface area (TPSA) is 66.4 Å². The minimum atomic E-state index is -0.487. The van der Waals surface area contributed by atoms with Gasteiger partial charge in [-0.15, -0.1) is 23.1 Å². The van der Waals surface area contributed by atoms with Crippen molar-refractivity contribution in [2.75, 3.05) is 6.26 Å². The second-order valence-corrected chi connectivity index (χ2v) is 10.4. The highest BCUT2D eigenvalue weighted by molar-refractivity contribution is 8.00. The Morgan fingerprint density at radius 1 is 1.23 bits per heavy atom. The van der Waals surface area contributed by atoms with Crippen LogP contribution in [0.2, 0.25) is 0 Å². The second kappa shape index (κ2) is 7.04. The van der Waals surface area contributed by atoms with Crippen LogP contribution in [0, 0.1) is 5.41 Å². The molecule has 2 N–H and O–H groups in total. The number of Topliss-reactive ketones (excluding diaryl/α,β-unsaturated/α-hetero) is 1. The summed E-state index contributed by atoms with van der Waals surface area (Å²) in [5.41, 5.74) is 1.23. The van der Waals surface area contributed by atoms with Gasteiger partial charge in [-0.3, -0.25) is 9.59 Å². The summed E-state index contributed by atoms with van der Waals surface area (Å²) >= 11 is 2.90. The van der Waals surface area contributed by atoms with E-state index in [-0.39, 0.29) is 17.2 Å². The average molecular weight is 394 g/mol. The number of thioether (sulfide) groups is 1. The standard InChI is InChI=1S/C20H27NO3S2/c1-19(2)10-12-14(15(23)13(19)11-22)18(25-4)26-16(12)17(24)21-20(3)8-6-5-7-9-20/h11,22H,5-10H2,1-4H3,(H,21,24). The first kappa shape index (κ1) is 19.5. The number of ketones is 1. The Morgan fingerprint density at radius 2 is 1.88 bits per heavy atom. The molecule has 0 aliphatic heterocycles. The molecule has 6 heteroatoms. The van der Waals surface area contributed by atoms with Crippen LogP contribution in [0.3, 0.4) is 0 Å². The number of aliphatic hydroxyl groups excluding tert-OH is 1. The smallest absolute Gasteiger partial charge is 0.262 e. The maximum Gasteiger partial charge on any atom is 0.262 e. The molecule has 2 aliphatic carbocycles. The van der Waals surface area contributed by atoms with Crippen molar-refractivity contribution in [1.82, 2.24) is 5.32 Å². The van der Waals surface area contributed by atoms with Gasteiger partial charge in [-0.05, 0) is 38.0 Å². The van der Waals surface area contributed by atoms with Gasteiger partial charge in [0.2, 0.25) is 0 Å². The molecule has 1 amide bonds. The Labute approximate surface area is 163 Å². The summed E-state index contributed by atoms with van der Waals surface area (Å²) in [6.45, 7) is 6.01. The van der Waals surface area contributed by atoms with Crippen molar-refractivity contribution in [2.24, 2.45) is 5.41 Å². The maximum absolute atomic E-state index is 13.1. The second-order valence-electron chi connectivity index (χ2n) is 8.28. The fourth-order valence-corrected chi connectivity index (χ4v) is 6.12. The number of aliphatic hydroxyl groups is 1. The van der Waals surface area contributed by atoms with Crippen LogP contribution in [0.5, 0.6) is 0 Å². The summed E-state index contributed by atoms with van der Waals surface area (Å²) < 4.78 is 0.860. The molecule has 4 nitrogen and oxygen atoms in total. The van der Waals surface area contributed by atoms with Crippen molar-refractivity contribution >= 4 is 34.8 Å². The molecule has 1 fully saturated rings. The van der Waals surface area contributed by atoms with E-state index in [2.05, 4.69) is 12.2 Å². The first-order chi connectivity index (χ1) is 12.2. The van der Waals surface area contributed by atoms with Crippen LogP contribution < -0.4 is 5.32 Å². The number of carbonyl (C=O) groups is 2. The Hall–Kier alpha value is -1.27. The summed E-state index contributed by atoms with van der Waals surface area (Å²) in [7, 11) is 0. The van der Waals surface area contributed by atoms with Crippen molar-refractivity contribution in [3.8, 4) is 0 Å². The van der Waals surface area contributed by atoms with Crippen molar-refractivity contribution in [1.29, 1.82) is 0 Å². The van der Waals surface area contributed by atoms with E-state index >= 15 is 0 Å². The third kappa shape index (κ3) is 3.33. The minimum Gasteiger partial charge on any atom is -0.515 e. The lowest BCUT2D eigenvalue weighted by Gasteiger charge is -2.35.